The van der Waals surface area contributed by atoms with Gasteiger partial charge in [0, 0.05) is 0 Å². The van der Waals surface area contributed by atoms with Crippen molar-refractivity contribution in [2.45, 2.75) is 32.5 Å². The lowest BCUT2D eigenvalue weighted by atomic mass is 10.2. The third-order valence-corrected chi connectivity index (χ3v) is 1.76. The Morgan fingerprint density at radius 3 is 2.73 bits per heavy atom. The minimum atomic E-state index is -1.12. The Balaban J connectivity index is 2.42. The maximum Gasteiger partial charge on any atom is 0.103 e. The first kappa shape index (κ1) is 8.27. The Bertz CT molecular complexity index is 196. The summed E-state index contributed by atoms with van der Waals surface area (Å²) in [4.78, 5) is 10.2. The molecule has 0 saturated carbocycles. The molecule has 1 rings (SSSR count). The molecule has 1 fully saturated rings. The number of hydrogen-bond acceptors (Lipinski definition) is 3. The smallest absolute Gasteiger partial charge is 0.103 e. The highest BCUT2D eigenvalue weighted by Gasteiger charge is 2.34. The first-order valence-electron chi connectivity index (χ1n) is 3.70. The Labute approximate surface area is 65.7 Å². The van der Waals surface area contributed by atoms with Crippen LogP contribution in [-0.2, 0) is 9.53 Å². The van der Waals surface area contributed by atoms with Crippen LogP contribution in [0.2, 0.25) is 0 Å². The number of carbonyl (C=O) groups is 1. The number of rotatable bonds is 3. The van der Waals surface area contributed by atoms with E-state index in [4.69, 9.17) is 4.74 Å². The highest BCUT2D eigenvalue weighted by Crippen LogP contribution is 2.26. The summed E-state index contributed by atoms with van der Waals surface area (Å²) in [5, 5.41) is 10.2. The van der Waals surface area contributed by atoms with Gasteiger partial charge in [0.05, 0.1) is 12.1 Å². The lowest BCUT2D eigenvalue weighted by Crippen LogP contribution is -2.23. The van der Waals surface area contributed by atoms with Crippen molar-refractivity contribution in [3.63, 3.8) is 0 Å². The Kier molecular flexibility index (Phi) is 2.29. The quantitative estimate of drug-likeness (QED) is 0.421. The third-order valence-electron chi connectivity index (χ3n) is 1.76. The summed E-state index contributed by atoms with van der Waals surface area (Å²) in [6, 6.07) is 0. The van der Waals surface area contributed by atoms with Crippen molar-refractivity contribution < 1.29 is 14.6 Å². The molecule has 1 aliphatic rings. The van der Waals surface area contributed by atoms with E-state index < -0.39 is 5.97 Å². The fourth-order valence-corrected chi connectivity index (χ4v) is 0.946. The molecule has 0 aromatic rings. The average molecular weight is 155 g/mol. The molecule has 2 atom stereocenters. The highest BCUT2D eigenvalue weighted by atomic mass is 16.6. The van der Waals surface area contributed by atoms with Crippen LogP contribution in [0.1, 0.15) is 20.3 Å². The number of ether oxygens (including phenoxy) is 1. The topological polar surface area (TPSA) is 52.7 Å². The van der Waals surface area contributed by atoms with Gasteiger partial charge in [-0.15, -0.1) is 0 Å². The van der Waals surface area contributed by atoms with Crippen LogP contribution in [0.4, 0.5) is 0 Å². The molecule has 1 aliphatic heterocycles. The summed E-state index contributed by atoms with van der Waals surface area (Å²) in [6.45, 7) is 3.52. The maximum atomic E-state index is 10.2. The van der Waals surface area contributed by atoms with Crippen LogP contribution in [0.3, 0.4) is 0 Å². The van der Waals surface area contributed by atoms with Crippen LogP contribution >= 0.6 is 0 Å². The first-order chi connectivity index (χ1) is 5.15. The van der Waals surface area contributed by atoms with Gasteiger partial charge in [-0.25, -0.2) is 0 Å². The normalized spacial score (nSPS) is 30.2. The van der Waals surface area contributed by atoms with E-state index in [1.165, 1.54) is 6.92 Å². The van der Waals surface area contributed by atoms with Gasteiger partial charge in [-0.05, 0) is 25.0 Å². The van der Waals surface area contributed by atoms with E-state index in [9.17, 15) is 9.90 Å². The van der Waals surface area contributed by atoms with Crippen LogP contribution in [0.25, 0.3) is 0 Å². The fraction of sp³-hybridized carbons (Fsp3) is 0.625. The standard InChI is InChI=1S/C8H12O3/c1-3-6-7(11-6)4-5(2)8(9)10/h4,6-7H,3H2,1-2H3,(H,9,10)/p-1/b5-4+. The van der Waals surface area contributed by atoms with Crippen LogP contribution in [0.15, 0.2) is 11.6 Å². The molecule has 3 nitrogen and oxygen atoms in total. The van der Waals surface area contributed by atoms with E-state index in [1.807, 2.05) is 6.92 Å². The van der Waals surface area contributed by atoms with Crippen LogP contribution in [0.5, 0.6) is 0 Å². The minimum absolute atomic E-state index is 0.0119. The first-order valence-corrected chi connectivity index (χ1v) is 3.70. The van der Waals surface area contributed by atoms with Crippen LogP contribution < -0.4 is 5.11 Å². The number of epoxide rings is 1. The van der Waals surface area contributed by atoms with Crippen molar-refractivity contribution >= 4 is 5.97 Å². The lowest BCUT2D eigenvalue weighted by Gasteiger charge is -1.98. The molecule has 0 spiro atoms. The number of carboxylic acids is 1. The van der Waals surface area contributed by atoms with Crippen molar-refractivity contribution in [1.29, 1.82) is 0 Å². The van der Waals surface area contributed by atoms with Gasteiger partial charge in [-0.1, -0.05) is 6.92 Å². The largest absolute Gasteiger partial charge is 0.545 e. The molecule has 2 unspecified atom stereocenters. The molecule has 0 aromatic heterocycles. The molecule has 0 bridgehead atoms. The molecule has 1 saturated heterocycles. The van der Waals surface area contributed by atoms with Crippen molar-refractivity contribution in [2.75, 3.05) is 0 Å². The zero-order chi connectivity index (χ0) is 8.43. The van der Waals surface area contributed by atoms with E-state index in [2.05, 4.69) is 0 Å². The minimum Gasteiger partial charge on any atom is -0.545 e. The number of carbonyl (C=O) groups excluding carboxylic acids is 1. The van der Waals surface area contributed by atoms with Gasteiger partial charge >= 0.3 is 0 Å². The Morgan fingerprint density at radius 2 is 2.36 bits per heavy atom. The number of carboxylic acid groups (broad SMARTS) is 1. The van der Waals surface area contributed by atoms with E-state index in [0.717, 1.165) is 6.42 Å². The van der Waals surface area contributed by atoms with Gasteiger partial charge in [0.25, 0.3) is 0 Å². The number of aliphatic carboxylic acids is 1. The van der Waals surface area contributed by atoms with Crippen LogP contribution in [-0.4, -0.2) is 18.2 Å². The second-order valence-electron chi connectivity index (χ2n) is 2.68. The maximum absolute atomic E-state index is 10.2. The second-order valence-corrected chi connectivity index (χ2v) is 2.68. The third kappa shape index (κ3) is 2.05. The van der Waals surface area contributed by atoms with Gasteiger partial charge in [-0.3, -0.25) is 0 Å². The van der Waals surface area contributed by atoms with E-state index in [-0.39, 0.29) is 17.8 Å². The van der Waals surface area contributed by atoms with Crippen molar-refractivity contribution in [2.24, 2.45) is 0 Å². The van der Waals surface area contributed by atoms with Crippen molar-refractivity contribution in [3.8, 4) is 0 Å². The molecular weight excluding hydrogens is 144 g/mol. The zero-order valence-electron chi connectivity index (χ0n) is 6.66. The monoisotopic (exact) mass is 155 g/mol. The van der Waals surface area contributed by atoms with Crippen molar-refractivity contribution in [1.82, 2.24) is 0 Å². The van der Waals surface area contributed by atoms with Crippen molar-refractivity contribution in [3.05, 3.63) is 11.6 Å². The SMILES string of the molecule is CCC1OC1/C=C(\C)C(=O)[O-]. The zero-order valence-corrected chi connectivity index (χ0v) is 6.66. The van der Waals surface area contributed by atoms with E-state index in [1.54, 1.807) is 6.08 Å². The molecular formula is C8H11O3-. The summed E-state index contributed by atoms with van der Waals surface area (Å²) in [6.07, 6.45) is 2.77. The summed E-state index contributed by atoms with van der Waals surface area (Å²) in [5.74, 6) is -1.12. The van der Waals surface area contributed by atoms with E-state index in [0.29, 0.717) is 0 Å². The fourth-order valence-electron chi connectivity index (χ4n) is 0.946. The highest BCUT2D eigenvalue weighted by molar-refractivity contribution is 5.84. The van der Waals surface area contributed by atoms with E-state index >= 15 is 0 Å². The van der Waals surface area contributed by atoms with Gasteiger partial charge in [0.1, 0.15) is 6.10 Å². The predicted molar refractivity (Wildman–Crippen MR) is 37.7 cm³/mol. The second kappa shape index (κ2) is 3.05. The summed E-state index contributed by atoms with van der Waals surface area (Å²) in [7, 11) is 0. The summed E-state index contributed by atoms with van der Waals surface area (Å²) >= 11 is 0. The van der Waals surface area contributed by atoms with Gasteiger partial charge < -0.3 is 14.6 Å². The van der Waals surface area contributed by atoms with Gasteiger partial charge in [0.15, 0.2) is 0 Å². The summed E-state index contributed by atoms with van der Waals surface area (Å²) in [5.41, 5.74) is 0.256. The molecule has 0 radical (unpaired) electrons. The molecule has 0 amide bonds. The lowest BCUT2D eigenvalue weighted by molar-refractivity contribution is -0.299. The molecule has 0 aromatic carbocycles. The number of hydrogen-bond donors (Lipinski definition) is 0. The molecule has 62 valence electrons. The summed E-state index contributed by atoms with van der Waals surface area (Å²) < 4.78 is 5.12. The average Bonchev–Trinajstić information content (AvgIpc) is 2.67. The molecule has 1 heterocycles. The Hall–Kier alpha value is -0.830. The Morgan fingerprint density at radius 1 is 1.73 bits per heavy atom. The van der Waals surface area contributed by atoms with Crippen LogP contribution in [0, 0.1) is 0 Å². The molecule has 3 heteroatoms. The molecule has 0 N–H and O–H groups in total. The van der Waals surface area contributed by atoms with Gasteiger partial charge in [0.2, 0.25) is 0 Å². The predicted octanol–water partition coefficient (Wildman–Crippen LogP) is -0.140. The van der Waals surface area contributed by atoms with Gasteiger partial charge in [-0.2, -0.15) is 0 Å². The molecule has 11 heavy (non-hydrogen) atoms. The molecule has 0 aliphatic carbocycles.